The molecule has 1 amide bonds. The highest BCUT2D eigenvalue weighted by molar-refractivity contribution is 7.90. The van der Waals surface area contributed by atoms with Crippen molar-refractivity contribution in [1.82, 2.24) is 4.98 Å². The molecule has 0 fully saturated rings. The number of hydrogen-bond acceptors (Lipinski definition) is 9. The Morgan fingerprint density at radius 2 is 1.75 bits per heavy atom. The first-order chi connectivity index (χ1) is 20.7. The van der Waals surface area contributed by atoms with Crippen LogP contribution in [0, 0.1) is 6.92 Å². The molecule has 0 radical (unpaired) electrons. The van der Waals surface area contributed by atoms with Crippen LogP contribution in [0.25, 0.3) is 33.7 Å². The second-order valence-electron chi connectivity index (χ2n) is 9.34. The van der Waals surface area contributed by atoms with Gasteiger partial charge in [0.25, 0.3) is 0 Å². The first kappa shape index (κ1) is 31.8. The van der Waals surface area contributed by atoms with E-state index in [1.165, 1.54) is 37.4 Å². The van der Waals surface area contributed by atoms with Gasteiger partial charge in [-0.25, -0.2) is 18.2 Å². The van der Waals surface area contributed by atoms with Crippen molar-refractivity contribution in [3.8, 4) is 39.5 Å². The van der Waals surface area contributed by atoms with Gasteiger partial charge in [0.05, 0.1) is 10.6 Å². The summed E-state index contributed by atoms with van der Waals surface area (Å²) in [5, 5.41) is 3.14. The summed E-state index contributed by atoms with van der Waals surface area (Å²) in [6.07, 6.45) is -1.54. The Morgan fingerprint density at radius 3 is 2.39 bits per heavy atom. The second-order valence-corrected chi connectivity index (χ2v) is 11.4. The van der Waals surface area contributed by atoms with Crippen LogP contribution in [0.5, 0.6) is 5.75 Å². The highest BCUT2D eigenvalue weighted by Crippen LogP contribution is 2.40. The summed E-state index contributed by atoms with van der Waals surface area (Å²) < 4.78 is 77.2. The molecule has 1 heterocycles. The Morgan fingerprint density at radius 1 is 1.07 bits per heavy atom. The first-order valence-corrected chi connectivity index (χ1v) is 14.7. The lowest BCUT2D eigenvalue weighted by Crippen LogP contribution is -2.17. The monoisotopic (exact) mass is 628 g/mol. The highest BCUT2D eigenvalue weighted by atomic mass is 32.2. The van der Waals surface area contributed by atoms with E-state index >= 15 is 0 Å². The number of primary amides is 1. The number of nitrogens with one attached hydrogen (secondary N) is 1. The summed E-state index contributed by atoms with van der Waals surface area (Å²) in [4.78, 5) is 19.6. The van der Waals surface area contributed by atoms with Crippen molar-refractivity contribution in [3.05, 3.63) is 84.9 Å². The number of rotatable bonds is 10. The van der Waals surface area contributed by atoms with Gasteiger partial charge >= 0.3 is 12.5 Å². The summed E-state index contributed by atoms with van der Waals surface area (Å²) >= 11 is 0. The van der Waals surface area contributed by atoms with Crippen LogP contribution in [0.3, 0.4) is 0 Å². The fraction of sp³-hybridized carbons (Fsp3) is 0.167. The van der Waals surface area contributed by atoms with E-state index in [4.69, 9.17) is 14.9 Å². The third kappa shape index (κ3) is 8.25. The van der Waals surface area contributed by atoms with Crippen LogP contribution in [0.15, 0.2) is 93.3 Å². The Kier molecular flexibility index (Phi) is 9.43. The van der Waals surface area contributed by atoms with Gasteiger partial charge < -0.3 is 24.9 Å². The van der Waals surface area contributed by atoms with Crippen LogP contribution in [-0.2, 0) is 14.6 Å². The van der Waals surface area contributed by atoms with Crippen LogP contribution >= 0.6 is 0 Å². The molecule has 10 nitrogen and oxygen atoms in total. The summed E-state index contributed by atoms with van der Waals surface area (Å²) in [5.74, 6) is 0.197. The third-order valence-corrected chi connectivity index (χ3v) is 7.23. The average Bonchev–Trinajstić information content (AvgIpc) is 3.35. The maximum atomic E-state index is 12.7. The van der Waals surface area contributed by atoms with Crippen LogP contribution in [0.4, 0.5) is 23.7 Å². The molecule has 230 valence electrons. The Labute approximate surface area is 251 Å². The topological polar surface area (TPSA) is 146 Å². The van der Waals surface area contributed by atoms with Gasteiger partial charge in [-0.3, -0.25) is 4.99 Å². The normalized spacial score (nSPS) is 12.4. The molecule has 0 aliphatic carbocycles. The molecular weight excluding hydrogens is 601 g/mol. The van der Waals surface area contributed by atoms with Gasteiger partial charge in [-0.15, -0.1) is 13.2 Å². The maximum absolute atomic E-state index is 12.7. The quantitative estimate of drug-likeness (QED) is 0.193. The smallest absolute Gasteiger partial charge is 0.443 e. The molecule has 14 heteroatoms. The Hall–Kier alpha value is -5.11. The molecule has 0 aliphatic heterocycles. The van der Waals surface area contributed by atoms with Gasteiger partial charge in [-0.05, 0) is 65.7 Å². The highest BCUT2D eigenvalue weighted by Gasteiger charge is 2.31. The largest absolute Gasteiger partial charge is 0.573 e. The number of alkyl halides is 3. The van der Waals surface area contributed by atoms with Gasteiger partial charge in [0.1, 0.15) is 18.1 Å². The molecule has 0 spiro atoms. The van der Waals surface area contributed by atoms with Crippen LogP contribution < -0.4 is 15.8 Å². The molecule has 3 aromatic carbocycles. The minimum absolute atomic E-state index is 0.142. The van der Waals surface area contributed by atoms with Gasteiger partial charge in [-0.2, -0.15) is 0 Å². The lowest BCUT2D eigenvalue weighted by Gasteiger charge is -2.13. The second kappa shape index (κ2) is 13.0. The van der Waals surface area contributed by atoms with E-state index in [1.54, 1.807) is 55.6 Å². The van der Waals surface area contributed by atoms with Gasteiger partial charge in [-0.1, -0.05) is 18.2 Å². The molecular formula is C30H27F3N4O6S. The van der Waals surface area contributed by atoms with E-state index in [9.17, 15) is 26.4 Å². The zero-order chi connectivity index (χ0) is 32.1. The fourth-order valence-electron chi connectivity index (χ4n) is 4.12. The van der Waals surface area contributed by atoms with Crippen molar-refractivity contribution >= 4 is 27.3 Å². The number of carbonyl (C=O) groups excluding carboxylic acids is 1. The molecule has 4 aromatic rings. The number of nitrogens with zero attached hydrogens (tertiary/aromatic N) is 2. The minimum atomic E-state index is -4.84. The van der Waals surface area contributed by atoms with E-state index in [0.29, 0.717) is 51.0 Å². The molecule has 0 saturated heterocycles. The van der Waals surface area contributed by atoms with Gasteiger partial charge in [0.15, 0.2) is 21.5 Å². The SMILES string of the molecule is C/N=C(\C=C/Nc1ccc(-c2cccc(S(C)(=O)=O)c2)cc1-c1oc(C)nc1-c1ccc(OC(F)(F)F)cc1)COC(N)=O. The maximum Gasteiger partial charge on any atom is 0.573 e. The molecule has 1 aromatic heterocycles. The Balaban J connectivity index is 1.80. The van der Waals surface area contributed by atoms with Crippen molar-refractivity contribution in [3.63, 3.8) is 0 Å². The van der Waals surface area contributed by atoms with E-state index in [-0.39, 0.29) is 11.5 Å². The standard InChI is InChI=1S/C30H27F3N4O6S/c1-18-37-27(19-7-10-23(11-8-19)43-30(31,32)33)28(42-18)25-16-21(20-5-4-6-24(15-20)44(3,39)40)9-12-26(25)36-14-13-22(35-2)17-41-29(34)38/h4-16,36H,17H2,1-3H3,(H2,34,38)/b14-13-,35-22+. The van der Waals surface area contributed by atoms with E-state index in [2.05, 4.69) is 20.0 Å². The zero-order valence-electron chi connectivity index (χ0n) is 23.7. The Bertz CT molecular complexity index is 1830. The number of oxazole rings is 1. The van der Waals surface area contributed by atoms with Crippen LogP contribution in [-0.4, -0.2) is 51.5 Å². The van der Waals surface area contributed by atoms with Crippen molar-refractivity contribution in [2.45, 2.75) is 18.2 Å². The number of ether oxygens (including phenoxy) is 2. The number of benzene rings is 3. The number of halogens is 3. The average molecular weight is 629 g/mol. The van der Waals surface area contributed by atoms with Crippen molar-refractivity contribution in [1.29, 1.82) is 0 Å². The summed E-state index contributed by atoms with van der Waals surface area (Å²) in [5.41, 5.74) is 8.55. The van der Waals surface area contributed by atoms with E-state index in [1.807, 2.05) is 0 Å². The fourth-order valence-corrected chi connectivity index (χ4v) is 4.79. The van der Waals surface area contributed by atoms with Crippen molar-refractivity contribution in [2.75, 3.05) is 25.2 Å². The molecule has 44 heavy (non-hydrogen) atoms. The minimum Gasteiger partial charge on any atom is -0.443 e. The predicted octanol–water partition coefficient (Wildman–Crippen LogP) is 6.38. The van der Waals surface area contributed by atoms with Crippen LogP contribution in [0.2, 0.25) is 0 Å². The van der Waals surface area contributed by atoms with Gasteiger partial charge in [0, 0.05) is 43.2 Å². The third-order valence-electron chi connectivity index (χ3n) is 6.12. The van der Waals surface area contributed by atoms with Crippen molar-refractivity contribution < 1.29 is 40.3 Å². The van der Waals surface area contributed by atoms with Gasteiger partial charge in [0.2, 0.25) is 0 Å². The zero-order valence-corrected chi connectivity index (χ0v) is 24.5. The number of sulfone groups is 1. The summed E-state index contributed by atoms with van der Waals surface area (Å²) in [7, 11) is -1.95. The number of aliphatic imine (C=N–C) groups is 1. The first-order valence-electron chi connectivity index (χ1n) is 12.8. The number of hydrogen-bond donors (Lipinski definition) is 2. The molecule has 0 unspecified atom stereocenters. The van der Waals surface area contributed by atoms with E-state index < -0.39 is 28.0 Å². The number of carbonyl (C=O) groups is 1. The number of amides is 1. The lowest BCUT2D eigenvalue weighted by molar-refractivity contribution is -0.274. The molecule has 0 aliphatic rings. The number of anilines is 1. The lowest BCUT2D eigenvalue weighted by atomic mass is 9.98. The molecule has 3 N–H and O–H groups in total. The number of aromatic nitrogens is 1. The molecule has 4 rings (SSSR count). The predicted molar refractivity (Wildman–Crippen MR) is 159 cm³/mol. The van der Waals surface area contributed by atoms with E-state index in [0.717, 1.165) is 6.26 Å². The van der Waals surface area contributed by atoms with Crippen molar-refractivity contribution in [2.24, 2.45) is 10.7 Å². The molecule has 0 atom stereocenters. The number of aryl methyl sites for hydroxylation is 1. The number of nitrogens with two attached hydrogens (primary N) is 1. The summed E-state index contributed by atoms with van der Waals surface area (Å²) in [6.45, 7) is 1.48. The van der Waals surface area contributed by atoms with Crippen LogP contribution in [0.1, 0.15) is 5.89 Å². The molecule has 0 saturated carbocycles. The summed E-state index contributed by atoms with van der Waals surface area (Å²) in [6, 6.07) is 16.9. The molecule has 0 bridgehead atoms.